The summed E-state index contributed by atoms with van der Waals surface area (Å²) in [7, 11) is 5.52. The van der Waals surface area contributed by atoms with Gasteiger partial charge in [0.25, 0.3) is 5.91 Å². The molecule has 1 aromatic heterocycles. The molecular formula is C18H22N4O. The molecule has 1 amide bonds. The lowest BCUT2D eigenvalue weighted by Crippen LogP contribution is -2.28. The lowest BCUT2D eigenvalue weighted by atomic mass is 10.2. The molecule has 0 aliphatic carbocycles. The fourth-order valence-corrected chi connectivity index (χ4v) is 2.08. The van der Waals surface area contributed by atoms with Crippen molar-refractivity contribution in [1.29, 1.82) is 0 Å². The summed E-state index contributed by atoms with van der Waals surface area (Å²) in [5.41, 5.74) is 2.34. The molecule has 1 heterocycles. The van der Waals surface area contributed by atoms with Crippen molar-refractivity contribution in [3.63, 3.8) is 0 Å². The molecule has 5 heteroatoms. The summed E-state index contributed by atoms with van der Waals surface area (Å²) in [6, 6.07) is 10.0. The first-order valence-corrected chi connectivity index (χ1v) is 7.47. The van der Waals surface area contributed by atoms with Gasteiger partial charge in [0.05, 0.1) is 11.3 Å². The van der Waals surface area contributed by atoms with E-state index in [2.05, 4.69) is 9.97 Å². The Kier molecular flexibility index (Phi) is 5.46. The first kappa shape index (κ1) is 16.7. The zero-order valence-corrected chi connectivity index (χ0v) is 14.0. The Morgan fingerprint density at radius 1 is 1.17 bits per heavy atom. The zero-order chi connectivity index (χ0) is 16.8. The van der Waals surface area contributed by atoms with Crippen LogP contribution in [0.1, 0.15) is 21.6 Å². The van der Waals surface area contributed by atoms with E-state index in [4.69, 9.17) is 0 Å². The van der Waals surface area contributed by atoms with Gasteiger partial charge in [-0.1, -0.05) is 42.5 Å². The topological polar surface area (TPSA) is 49.3 Å². The van der Waals surface area contributed by atoms with Crippen molar-refractivity contribution in [1.82, 2.24) is 14.9 Å². The number of hydrogen-bond acceptors (Lipinski definition) is 4. The Morgan fingerprint density at radius 3 is 2.48 bits per heavy atom. The molecule has 5 nitrogen and oxygen atoms in total. The second kappa shape index (κ2) is 7.54. The predicted molar refractivity (Wildman–Crippen MR) is 93.5 cm³/mol. The van der Waals surface area contributed by atoms with E-state index in [1.165, 1.54) is 0 Å². The molecule has 0 saturated heterocycles. The highest BCUT2D eigenvalue weighted by molar-refractivity contribution is 5.95. The summed E-state index contributed by atoms with van der Waals surface area (Å²) >= 11 is 0. The molecule has 23 heavy (non-hydrogen) atoms. The quantitative estimate of drug-likeness (QED) is 0.852. The Morgan fingerprint density at radius 2 is 1.87 bits per heavy atom. The minimum absolute atomic E-state index is 0.0782. The van der Waals surface area contributed by atoms with Gasteiger partial charge in [0.15, 0.2) is 0 Å². The molecule has 2 aromatic rings. The molecule has 2 rings (SSSR count). The van der Waals surface area contributed by atoms with Gasteiger partial charge in [-0.25, -0.2) is 9.97 Å². The van der Waals surface area contributed by atoms with Gasteiger partial charge in [0, 0.05) is 33.9 Å². The smallest absolute Gasteiger partial charge is 0.257 e. The van der Waals surface area contributed by atoms with Crippen LogP contribution in [-0.4, -0.2) is 48.5 Å². The second-order valence-corrected chi connectivity index (χ2v) is 5.56. The van der Waals surface area contributed by atoms with Crippen LogP contribution >= 0.6 is 0 Å². The third kappa shape index (κ3) is 4.39. The van der Waals surface area contributed by atoms with E-state index < -0.39 is 0 Å². The monoisotopic (exact) mass is 310 g/mol. The summed E-state index contributed by atoms with van der Waals surface area (Å²) in [5, 5.41) is 0. The molecular weight excluding hydrogens is 288 g/mol. The van der Waals surface area contributed by atoms with Crippen LogP contribution < -0.4 is 4.90 Å². The molecule has 0 radical (unpaired) electrons. The Hall–Kier alpha value is -2.69. The number of benzene rings is 1. The summed E-state index contributed by atoms with van der Waals surface area (Å²) in [5.74, 6) is 0.524. The van der Waals surface area contributed by atoms with Crippen LogP contribution in [0.4, 0.5) is 5.95 Å². The molecule has 0 unspecified atom stereocenters. The van der Waals surface area contributed by atoms with Gasteiger partial charge in [0.1, 0.15) is 0 Å². The Balaban J connectivity index is 2.03. The molecule has 0 atom stereocenters. The van der Waals surface area contributed by atoms with E-state index in [-0.39, 0.29) is 5.91 Å². The number of hydrogen-bond donors (Lipinski definition) is 0. The Bertz CT molecular complexity index is 695. The van der Waals surface area contributed by atoms with Crippen LogP contribution in [0.5, 0.6) is 0 Å². The fraction of sp³-hybridized carbons (Fsp3) is 0.278. The first-order chi connectivity index (χ1) is 11.0. The number of likely N-dealkylation sites (N-methyl/N-ethyl adjacent to an activating group) is 1. The van der Waals surface area contributed by atoms with Gasteiger partial charge in [-0.15, -0.1) is 0 Å². The first-order valence-electron chi connectivity index (χ1n) is 7.47. The molecule has 0 spiro atoms. The van der Waals surface area contributed by atoms with E-state index in [9.17, 15) is 4.79 Å². The van der Waals surface area contributed by atoms with Gasteiger partial charge in [0.2, 0.25) is 5.95 Å². The summed E-state index contributed by atoms with van der Waals surface area (Å²) in [6.45, 7) is 2.36. The molecule has 1 aromatic carbocycles. The molecule has 0 saturated carbocycles. The van der Waals surface area contributed by atoms with Crippen LogP contribution in [0.25, 0.3) is 6.08 Å². The van der Waals surface area contributed by atoms with E-state index in [1.54, 1.807) is 18.1 Å². The van der Waals surface area contributed by atoms with Gasteiger partial charge < -0.3 is 9.80 Å². The van der Waals surface area contributed by atoms with E-state index in [0.29, 0.717) is 23.8 Å². The second-order valence-electron chi connectivity index (χ2n) is 5.56. The summed E-state index contributed by atoms with van der Waals surface area (Å²) < 4.78 is 0. The number of amides is 1. The number of carbonyl (C=O) groups excluding carboxylic acids is 1. The van der Waals surface area contributed by atoms with Crippen molar-refractivity contribution in [2.75, 3.05) is 32.6 Å². The van der Waals surface area contributed by atoms with Crippen molar-refractivity contribution < 1.29 is 4.79 Å². The third-order valence-corrected chi connectivity index (χ3v) is 3.43. The maximum absolute atomic E-state index is 12.5. The van der Waals surface area contributed by atoms with E-state index in [1.807, 2.05) is 68.4 Å². The molecule has 0 N–H and O–H groups in total. The van der Waals surface area contributed by atoms with Crippen molar-refractivity contribution in [2.45, 2.75) is 6.92 Å². The standard InChI is InChI=1S/C18H22N4O/c1-14-16(13-19-18(20-14)21(2)3)17(23)22(4)12-8-11-15-9-6-5-7-10-15/h5-11,13H,12H2,1-4H3. The fourth-order valence-electron chi connectivity index (χ4n) is 2.08. The maximum atomic E-state index is 12.5. The van der Waals surface area contributed by atoms with Crippen LogP contribution in [0.3, 0.4) is 0 Å². The maximum Gasteiger partial charge on any atom is 0.257 e. The average molecular weight is 310 g/mol. The summed E-state index contributed by atoms with van der Waals surface area (Å²) in [4.78, 5) is 24.5. The average Bonchev–Trinajstić information content (AvgIpc) is 2.55. The van der Waals surface area contributed by atoms with Gasteiger partial charge in [-0.3, -0.25) is 4.79 Å². The van der Waals surface area contributed by atoms with Crippen LogP contribution in [0, 0.1) is 6.92 Å². The predicted octanol–water partition coefficient (Wildman–Crippen LogP) is 2.64. The Labute approximate surface area is 137 Å². The highest BCUT2D eigenvalue weighted by Crippen LogP contribution is 2.11. The van der Waals surface area contributed by atoms with Crippen molar-refractivity contribution in [2.24, 2.45) is 0 Å². The lowest BCUT2D eigenvalue weighted by molar-refractivity contribution is 0.0808. The minimum atomic E-state index is -0.0782. The molecule has 0 aliphatic heterocycles. The summed E-state index contributed by atoms with van der Waals surface area (Å²) in [6.07, 6.45) is 5.57. The SMILES string of the molecule is Cc1nc(N(C)C)ncc1C(=O)N(C)CC=Cc1ccccc1. The molecule has 120 valence electrons. The lowest BCUT2D eigenvalue weighted by Gasteiger charge is -2.17. The van der Waals surface area contributed by atoms with Crippen LogP contribution in [0.15, 0.2) is 42.6 Å². The van der Waals surface area contributed by atoms with Crippen molar-refractivity contribution in [3.05, 3.63) is 59.4 Å². The van der Waals surface area contributed by atoms with Crippen LogP contribution in [-0.2, 0) is 0 Å². The number of rotatable bonds is 5. The van der Waals surface area contributed by atoms with E-state index in [0.717, 1.165) is 5.56 Å². The normalized spacial score (nSPS) is 10.8. The number of carbonyl (C=O) groups is 1. The highest BCUT2D eigenvalue weighted by Gasteiger charge is 2.15. The van der Waals surface area contributed by atoms with E-state index >= 15 is 0 Å². The van der Waals surface area contributed by atoms with Crippen LogP contribution in [0.2, 0.25) is 0 Å². The van der Waals surface area contributed by atoms with Gasteiger partial charge in [-0.2, -0.15) is 0 Å². The van der Waals surface area contributed by atoms with Crippen molar-refractivity contribution in [3.8, 4) is 0 Å². The largest absolute Gasteiger partial charge is 0.347 e. The minimum Gasteiger partial charge on any atom is -0.347 e. The molecule has 0 aliphatic rings. The molecule has 0 bridgehead atoms. The zero-order valence-electron chi connectivity index (χ0n) is 14.0. The van der Waals surface area contributed by atoms with Crippen molar-refractivity contribution >= 4 is 17.9 Å². The highest BCUT2D eigenvalue weighted by atomic mass is 16.2. The molecule has 0 fully saturated rings. The third-order valence-electron chi connectivity index (χ3n) is 3.43. The number of anilines is 1. The van der Waals surface area contributed by atoms with Gasteiger partial charge >= 0.3 is 0 Å². The number of aromatic nitrogens is 2. The number of nitrogens with zero attached hydrogens (tertiary/aromatic N) is 4. The number of aryl methyl sites for hydroxylation is 1. The van der Waals surface area contributed by atoms with Gasteiger partial charge in [-0.05, 0) is 12.5 Å².